The van der Waals surface area contributed by atoms with Gasteiger partial charge in [0.1, 0.15) is 0 Å². The Labute approximate surface area is 103 Å². The van der Waals surface area contributed by atoms with Crippen molar-refractivity contribution in [2.24, 2.45) is 0 Å². The summed E-state index contributed by atoms with van der Waals surface area (Å²) in [6.45, 7) is 2.79. The standard InChI is InChI=1S/C13H23N3O/c17-13(5-1-2-6-13)11-14-7-3-4-9-16-10-8-15-12-16/h8,10,12,14,17H,1-7,9,11H2. The first-order chi connectivity index (χ1) is 8.29. The Kier molecular flexibility index (Phi) is 4.57. The second-order valence-electron chi connectivity index (χ2n) is 5.12. The average Bonchev–Trinajstić information content (AvgIpc) is 2.95. The monoisotopic (exact) mass is 237 g/mol. The van der Waals surface area contributed by atoms with Crippen LogP contribution in [0.1, 0.15) is 38.5 Å². The van der Waals surface area contributed by atoms with Gasteiger partial charge >= 0.3 is 0 Å². The molecule has 1 aliphatic rings. The summed E-state index contributed by atoms with van der Waals surface area (Å²) in [5.74, 6) is 0. The minimum Gasteiger partial charge on any atom is -0.389 e. The van der Waals surface area contributed by atoms with E-state index in [1.807, 2.05) is 18.7 Å². The van der Waals surface area contributed by atoms with Gasteiger partial charge in [0.2, 0.25) is 0 Å². The lowest BCUT2D eigenvalue weighted by molar-refractivity contribution is 0.0479. The van der Waals surface area contributed by atoms with E-state index in [2.05, 4.69) is 14.9 Å². The molecule has 0 spiro atoms. The molecule has 0 bridgehead atoms. The number of rotatable bonds is 7. The summed E-state index contributed by atoms with van der Waals surface area (Å²) in [5, 5.41) is 13.5. The molecule has 0 aliphatic heterocycles. The number of unbranched alkanes of at least 4 members (excludes halogenated alkanes) is 1. The van der Waals surface area contributed by atoms with Crippen molar-refractivity contribution >= 4 is 0 Å². The van der Waals surface area contributed by atoms with Crippen LogP contribution in [0.3, 0.4) is 0 Å². The fourth-order valence-corrected chi connectivity index (χ4v) is 2.49. The summed E-state index contributed by atoms with van der Waals surface area (Å²) in [7, 11) is 0. The Morgan fingerprint density at radius 1 is 1.29 bits per heavy atom. The highest BCUT2D eigenvalue weighted by Crippen LogP contribution is 2.28. The van der Waals surface area contributed by atoms with E-state index in [1.165, 1.54) is 12.8 Å². The lowest BCUT2D eigenvalue weighted by atomic mass is 10.0. The van der Waals surface area contributed by atoms with E-state index < -0.39 is 5.60 Å². The van der Waals surface area contributed by atoms with Crippen LogP contribution in [0.15, 0.2) is 18.7 Å². The fourth-order valence-electron chi connectivity index (χ4n) is 2.49. The third kappa shape index (κ3) is 4.13. The molecule has 0 saturated heterocycles. The Balaban J connectivity index is 1.49. The van der Waals surface area contributed by atoms with E-state index in [1.54, 1.807) is 0 Å². The minimum absolute atomic E-state index is 0.412. The van der Waals surface area contributed by atoms with Gasteiger partial charge in [-0.15, -0.1) is 0 Å². The highest BCUT2D eigenvalue weighted by molar-refractivity contribution is 4.86. The smallest absolute Gasteiger partial charge is 0.0945 e. The average molecular weight is 237 g/mol. The zero-order valence-corrected chi connectivity index (χ0v) is 10.4. The van der Waals surface area contributed by atoms with Crippen molar-refractivity contribution in [1.82, 2.24) is 14.9 Å². The third-order valence-corrected chi connectivity index (χ3v) is 3.57. The van der Waals surface area contributed by atoms with Crippen molar-refractivity contribution in [3.8, 4) is 0 Å². The second kappa shape index (κ2) is 6.17. The largest absolute Gasteiger partial charge is 0.389 e. The quantitative estimate of drug-likeness (QED) is 0.708. The Morgan fingerprint density at radius 3 is 2.82 bits per heavy atom. The molecule has 17 heavy (non-hydrogen) atoms. The van der Waals surface area contributed by atoms with Crippen LogP contribution >= 0.6 is 0 Å². The fraction of sp³-hybridized carbons (Fsp3) is 0.769. The molecular weight excluding hydrogens is 214 g/mol. The summed E-state index contributed by atoms with van der Waals surface area (Å²) in [5.41, 5.74) is -0.412. The number of hydrogen-bond acceptors (Lipinski definition) is 3. The highest BCUT2D eigenvalue weighted by atomic mass is 16.3. The van der Waals surface area contributed by atoms with Crippen molar-refractivity contribution < 1.29 is 5.11 Å². The van der Waals surface area contributed by atoms with Crippen LogP contribution in [0, 0.1) is 0 Å². The van der Waals surface area contributed by atoms with Gasteiger partial charge in [0, 0.05) is 25.5 Å². The van der Waals surface area contributed by atoms with Crippen LogP contribution in [-0.4, -0.2) is 33.3 Å². The Bertz CT molecular complexity index is 304. The molecule has 0 aromatic carbocycles. The maximum absolute atomic E-state index is 10.1. The molecule has 1 heterocycles. The van der Waals surface area contributed by atoms with Gasteiger partial charge in [-0.05, 0) is 32.2 Å². The number of aromatic nitrogens is 2. The minimum atomic E-state index is -0.412. The molecule has 1 aromatic rings. The zero-order valence-electron chi connectivity index (χ0n) is 10.4. The second-order valence-corrected chi connectivity index (χ2v) is 5.12. The summed E-state index contributed by atoms with van der Waals surface area (Å²) < 4.78 is 2.10. The van der Waals surface area contributed by atoms with Gasteiger partial charge in [-0.3, -0.25) is 0 Å². The Morgan fingerprint density at radius 2 is 2.12 bits per heavy atom. The van der Waals surface area contributed by atoms with Gasteiger partial charge in [0.05, 0.1) is 11.9 Å². The number of nitrogens with zero attached hydrogens (tertiary/aromatic N) is 2. The van der Waals surface area contributed by atoms with E-state index >= 15 is 0 Å². The molecule has 4 heteroatoms. The molecule has 96 valence electrons. The number of aryl methyl sites for hydroxylation is 1. The van der Waals surface area contributed by atoms with Gasteiger partial charge in [0.15, 0.2) is 0 Å². The lowest BCUT2D eigenvalue weighted by Gasteiger charge is -2.22. The molecule has 2 N–H and O–H groups in total. The third-order valence-electron chi connectivity index (χ3n) is 3.57. The SMILES string of the molecule is OC1(CNCCCCn2ccnc2)CCCC1. The molecule has 1 aromatic heterocycles. The van der Waals surface area contributed by atoms with E-state index in [0.717, 1.165) is 45.3 Å². The van der Waals surface area contributed by atoms with E-state index in [0.29, 0.717) is 0 Å². The molecule has 4 nitrogen and oxygen atoms in total. The van der Waals surface area contributed by atoms with Gasteiger partial charge in [-0.25, -0.2) is 4.98 Å². The molecule has 0 amide bonds. The van der Waals surface area contributed by atoms with Gasteiger partial charge in [-0.1, -0.05) is 12.8 Å². The first kappa shape index (κ1) is 12.6. The number of aliphatic hydroxyl groups is 1. The predicted molar refractivity (Wildman–Crippen MR) is 67.7 cm³/mol. The first-order valence-corrected chi connectivity index (χ1v) is 6.67. The van der Waals surface area contributed by atoms with Gasteiger partial charge < -0.3 is 15.0 Å². The van der Waals surface area contributed by atoms with Crippen LogP contribution in [0.4, 0.5) is 0 Å². The highest BCUT2D eigenvalue weighted by Gasteiger charge is 2.30. The van der Waals surface area contributed by atoms with E-state index in [-0.39, 0.29) is 0 Å². The van der Waals surface area contributed by atoms with Crippen LogP contribution in [0.2, 0.25) is 0 Å². The van der Waals surface area contributed by atoms with E-state index in [9.17, 15) is 5.11 Å². The molecule has 0 atom stereocenters. The topological polar surface area (TPSA) is 50.1 Å². The van der Waals surface area contributed by atoms with Crippen molar-refractivity contribution in [3.63, 3.8) is 0 Å². The summed E-state index contributed by atoms with van der Waals surface area (Å²) in [6.07, 6.45) is 12.3. The van der Waals surface area contributed by atoms with Gasteiger partial charge in [0.25, 0.3) is 0 Å². The summed E-state index contributed by atoms with van der Waals surface area (Å²) >= 11 is 0. The number of imidazole rings is 1. The zero-order chi connectivity index (χ0) is 12.0. The molecule has 0 unspecified atom stereocenters. The van der Waals surface area contributed by atoms with Crippen LogP contribution < -0.4 is 5.32 Å². The molecule has 1 saturated carbocycles. The molecule has 2 rings (SSSR count). The Hall–Kier alpha value is -0.870. The number of nitrogens with one attached hydrogen (secondary N) is 1. The van der Waals surface area contributed by atoms with Crippen LogP contribution in [0.25, 0.3) is 0 Å². The number of hydrogen-bond donors (Lipinski definition) is 2. The van der Waals surface area contributed by atoms with Crippen LogP contribution in [-0.2, 0) is 6.54 Å². The molecule has 1 fully saturated rings. The van der Waals surface area contributed by atoms with E-state index in [4.69, 9.17) is 0 Å². The normalized spacial score (nSPS) is 18.6. The summed E-state index contributed by atoms with van der Waals surface area (Å²) in [4.78, 5) is 4.01. The molecular formula is C13H23N3O. The van der Waals surface area contributed by atoms with Gasteiger partial charge in [-0.2, -0.15) is 0 Å². The van der Waals surface area contributed by atoms with Crippen molar-refractivity contribution in [3.05, 3.63) is 18.7 Å². The molecule has 0 radical (unpaired) electrons. The first-order valence-electron chi connectivity index (χ1n) is 6.67. The lowest BCUT2D eigenvalue weighted by Crippen LogP contribution is -2.38. The van der Waals surface area contributed by atoms with Crippen molar-refractivity contribution in [1.29, 1.82) is 0 Å². The van der Waals surface area contributed by atoms with Crippen LogP contribution in [0.5, 0.6) is 0 Å². The maximum atomic E-state index is 10.1. The van der Waals surface area contributed by atoms with Crippen molar-refractivity contribution in [2.45, 2.75) is 50.7 Å². The maximum Gasteiger partial charge on any atom is 0.0945 e. The summed E-state index contributed by atoms with van der Waals surface area (Å²) in [6, 6.07) is 0. The predicted octanol–water partition coefficient (Wildman–Crippen LogP) is 1.56. The molecule has 1 aliphatic carbocycles. The van der Waals surface area contributed by atoms with Crippen molar-refractivity contribution in [2.75, 3.05) is 13.1 Å².